The predicted molar refractivity (Wildman–Crippen MR) is 50.0 cm³/mol. The topological polar surface area (TPSA) is 0 Å². The van der Waals surface area contributed by atoms with Gasteiger partial charge in [-0.15, -0.1) is 0 Å². The van der Waals surface area contributed by atoms with Gasteiger partial charge in [0.2, 0.25) is 0 Å². The summed E-state index contributed by atoms with van der Waals surface area (Å²) in [6, 6.07) is 5.98. The standard InChI is InChI=1S/C11H15F/c1-3-4-10-5-9(2)6-11(7-10)8-12/h5-7H,3-4,8H2,1-2H3. The predicted octanol–water partition coefficient (Wildman–Crippen LogP) is 3.42. The van der Waals surface area contributed by atoms with Crippen LogP contribution in [0.15, 0.2) is 18.2 Å². The first kappa shape index (κ1) is 9.24. The molecule has 66 valence electrons. The zero-order chi connectivity index (χ0) is 8.97. The van der Waals surface area contributed by atoms with Crippen molar-refractivity contribution >= 4 is 0 Å². The summed E-state index contributed by atoms with van der Waals surface area (Å²) in [6.07, 6.45) is 2.17. The van der Waals surface area contributed by atoms with Gasteiger partial charge in [-0.3, -0.25) is 0 Å². The highest BCUT2D eigenvalue weighted by Gasteiger charge is 1.97. The highest BCUT2D eigenvalue weighted by Crippen LogP contribution is 2.12. The van der Waals surface area contributed by atoms with Crippen LogP contribution >= 0.6 is 0 Å². The zero-order valence-corrected chi connectivity index (χ0v) is 7.73. The molecule has 1 heteroatoms. The van der Waals surface area contributed by atoms with Crippen LogP contribution in [0.2, 0.25) is 0 Å². The van der Waals surface area contributed by atoms with Crippen LogP contribution in [0, 0.1) is 6.92 Å². The third-order valence-corrected chi connectivity index (χ3v) is 1.89. The molecular formula is C11H15F. The molecule has 1 aromatic carbocycles. The summed E-state index contributed by atoms with van der Waals surface area (Å²) in [5.74, 6) is 0. The first-order valence-corrected chi connectivity index (χ1v) is 4.41. The lowest BCUT2D eigenvalue weighted by molar-refractivity contribution is 0.484. The van der Waals surface area contributed by atoms with E-state index >= 15 is 0 Å². The molecule has 0 amide bonds. The Kier molecular flexibility index (Phi) is 3.27. The van der Waals surface area contributed by atoms with E-state index in [2.05, 4.69) is 13.0 Å². The zero-order valence-electron chi connectivity index (χ0n) is 7.73. The van der Waals surface area contributed by atoms with Crippen LogP contribution in [-0.2, 0) is 13.1 Å². The molecule has 0 saturated carbocycles. The van der Waals surface area contributed by atoms with Crippen LogP contribution in [0.3, 0.4) is 0 Å². The highest BCUT2D eigenvalue weighted by atomic mass is 19.1. The minimum absolute atomic E-state index is 0.349. The van der Waals surface area contributed by atoms with Crippen molar-refractivity contribution in [3.8, 4) is 0 Å². The molecule has 12 heavy (non-hydrogen) atoms. The summed E-state index contributed by atoms with van der Waals surface area (Å²) in [5.41, 5.74) is 3.22. The van der Waals surface area contributed by atoms with Crippen LogP contribution in [0.4, 0.5) is 4.39 Å². The number of benzene rings is 1. The van der Waals surface area contributed by atoms with E-state index in [0.29, 0.717) is 0 Å². The van der Waals surface area contributed by atoms with Gasteiger partial charge in [0.05, 0.1) is 0 Å². The monoisotopic (exact) mass is 166 g/mol. The fraction of sp³-hybridized carbons (Fsp3) is 0.455. The van der Waals surface area contributed by atoms with E-state index in [0.717, 1.165) is 24.0 Å². The maximum atomic E-state index is 12.3. The Morgan fingerprint density at radius 3 is 2.42 bits per heavy atom. The maximum Gasteiger partial charge on any atom is 0.115 e. The molecule has 0 aliphatic heterocycles. The van der Waals surface area contributed by atoms with Gasteiger partial charge in [0.1, 0.15) is 6.67 Å². The second kappa shape index (κ2) is 4.24. The van der Waals surface area contributed by atoms with E-state index in [-0.39, 0.29) is 6.67 Å². The van der Waals surface area contributed by atoms with E-state index in [9.17, 15) is 4.39 Å². The SMILES string of the molecule is CCCc1cc(C)cc(CF)c1. The molecule has 1 aromatic rings. The number of rotatable bonds is 3. The summed E-state index contributed by atoms with van der Waals surface area (Å²) in [7, 11) is 0. The van der Waals surface area contributed by atoms with Gasteiger partial charge in [0, 0.05) is 0 Å². The number of hydrogen-bond donors (Lipinski definition) is 0. The summed E-state index contributed by atoms with van der Waals surface area (Å²) < 4.78 is 12.3. The van der Waals surface area contributed by atoms with Crippen LogP contribution in [0.1, 0.15) is 30.0 Å². The first-order chi connectivity index (χ1) is 5.76. The first-order valence-electron chi connectivity index (χ1n) is 4.41. The fourth-order valence-corrected chi connectivity index (χ4v) is 1.46. The number of aryl methyl sites for hydroxylation is 2. The molecule has 0 spiro atoms. The quantitative estimate of drug-likeness (QED) is 0.645. The van der Waals surface area contributed by atoms with Crippen molar-refractivity contribution in [1.82, 2.24) is 0 Å². The lowest BCUT2D eigenvalue weighted by Gasteiger charge is -2.03. The molecular weight excluding hydrogens is 151 g/mol. The summed E-state index contributed by atoms with van der Waals surface area (Å²) in [6.45, 7) is 3.80. The highest BCUT2D eigenvalue weighted by molar-refractivity contribution is 5.29. The fourth-order valence-electron chi connectivity index (χ4n) is 1.46. The van der Waals surface area contributed by atoms with Gasteiger partial charge >= 0.3 is 0 Å². The van der Waals surface area contributed by atoms with Crippen molar-refractivity contribution < 1.29 is 4.39 Å². The number of hydrogen-bond acceptors (Lipinski definition) is 0. The van der Waals surface area contributed by atoms with Gasteiger partial charge in [-0.2, -0.15) is 0 Å². The van der Waals surface area contributed by atoms with Crippen molar-refractivity contribution in [1.29, 1.82) is 0 Å². The Hall–Kier alpha value is -0.850. The van der Waals surface area contributed by atoms with Crippen molar-refractivity contribution in [3.63, 3.8) is 0 Å². The lowest BCUT2D eigenvalue weighted by atomic mass is 10.0. The largest absolute Gasteiger partial charge is 0.246 e. The van der Waals surface area contributed by atoms with Crippen LogP contribution in [0.25, 0.3) is 0 Å². The van der Waals surface area contributed by atoms with Crippen molar-refractivity contribution in [3.05, 3.63) is 34.9 Å². The van der Waals surface area contributed by atoms with E-state index in [4.69, 9.17) is 0 Å². The Morgan fingerprint density at radius 1 is 1.17 bits per heavy atom. The molecule has 0 saturated heterocycles. The Bertz CT molecular complexity index is 253. The number of alkyl halides is 1. The molecule has 0 heterocycles. The third kappa shape index (κ3) is 2.33. The van der Waals surface area contributed by atoms with Crippen LogP contribution < -0.4 is 0 Å². The number of halogens is 1. The van der Waals surface area contributed by atoms with Crippen LogP contribution in [-0.4, -0.2) is 0 Å². The summed E-state index contributed by atoms with van der Waals surface area (Å²) in [4.78, 5) is 0. The van der Waals surface area contributed by atoms with Crippen molar-refractivity contribution in [2.45, 2.75) is 33.4 Å². The average Bonchev–Trinajstić information content (AvgIpc) is 2.04. The van der Waals surface area contributed by atoms with Gasteiger partial charge in [0.25, 0.3) is 0 Å². The molecule has 0 nitrogen and oxygen atoms in total. The smallest absolute Gasteiger partial charge is 0.115 e. The van der Waals surface area contributed by atoms with Crippen molar-refractivity contribution in [2.24, 2.45) is 0 Å². The van der Waals surface area contributed by atoms with Gasteiger partial charge in [-0.25, -0.2) is 4.39 Å². The van der Waals surface area contributed by atoms with Crippen LogP contribution in [0.5, 0.6) is 0 Å². The second-order valence-corrected chi connectivity index (χ2v) is 3.21. The average molecular weight is 166 g/mol. The van der Waals surface area contributed by atoms with Gasteiger partial charge in [-0.1, -0.05) is 37.1 Å². The molecule has 0 aliphatic rings. The van der Waals surface area contributed by atoms with E-state index in [1.54, 1.807) is 0 Å². The minimum Gasteiger partial charge on any atom is -0.246 e. The van der Waals surface area contributed by atoms with Crippen molar-refractivity contribution in [2.75, 3.05) is 0 Å². The molecule has 0 radical (unpaired) electrons. The molecule has 1 rings (SSSR count). The van der Waals surface area contributed by atoms with Gasteiger partial charge in [0.15, 0.2) is 0 Å². The Labute approximate surface area is 73.4 Å². The molecule has 0 aromatic heterocycles. The lowest BCUT2D eigenvalue weighted by Crippen LogP contribution is -1.88. The molecule has 0 atom stereocenters. The molecule has 0 unspecified atom stereocenters. The Balaban J connectivity index is 2.90. The summed E-state index contributed by atoms with van der Waals surface area (Å²) in [5, 5.41) is 0. The van der Waals surface area contributed by atoms with Gasteiger partial charge in [-0.05, 0) is 24.5 Å². The maximum absolute atomic E-state index is 12.3. The molecule has 0 bridgehead atoms. The molecule has 0 N–H and O–H groups in total. The Morgan fingerprint density at radius 2 is 1.83 bits per heavy atom. The normalized spacial score (nSPS) is 10.2. The molecule has 0 aliphatic carbocycles. The summed E-state index contributed by atoms with van der Waals surface area (Å²) >= 11 is 0. The molecule has 0 fully saturated rings. The van der Waals surface area contributed by atoms with E-state index < -0.39 is 0 Å². The van der Waals surface area contributed by atoms with E-state index in [1.165, 1.54) is 5.56 Å². The second-order valence-electron chi connectivity index (χ2n) is 3.21. The third-order valence-electron chi connectivity index (χ3n) is 1.89. The van der Waals surface area contributed by atoms with E-state index in [1.807, 2.05) is 19.1 Å². The minimum atomic E-state index is -0.349. The van der Waals surface area contributed by atoms with Gasteiger partial charge < -0.3 is 0 Å².